The molecule has 2 rings (SSSR count). The summed E-state index contributed by atoms with van der Waals surface area (Å²) in [5.41, 5.74) is 21.1. The quantitative estimate of drug-likeness (QED) is 0.521. The Balaban J connectivity index is 3.03. The third-order valence-corrected chi connectivity index (χ3v) is 6.18. The maximum atomic E-state index is 7.53. The summed E-state index contributed by atoms with van der Waals surface area (Å²) in [4.78, 5) is 0. The fourth-order valence-electron chi connectivity index (χ4n) is 4.73. The van der Waals surface area contributed by atoms with Crippen LogP contribution in [-0.4, -0.2) is 6.54 Å². The Morgan fingerprint density at radius 3 is 1.10 bits per heavy atom. The first-order valence-corrected chi connectivity index (χ1v) is 11.3. The maximum Gasteiger partial charge on any atom is 0.0688 e. The molecule has 29 heavy (non-hydrogen) atoms. The minimum absolute atomic E-state index is 0.401. The molecule has 0 bridgehead atoms. The highest BCUT2D eigenvalue weighted by atomic mass is 14.8. The molecule has 0 spiro atoms. The van der Waals surface area contributed by atoms with Crippen LogP contribution in [0, 0.1) is 0 Å². The molecule has 0 saturated carbocycles. The van der Waals surface area contributed by atoms with Crippen molar-refractivity contribution in [2.45, 2.75) is 91.0 Å². The molecule has 2 aromatic rings. The van der Waals surface area contributed by atoms with Crippen molar-refractivity contribution >= 4 is 0 Å². The molecule has 0 aliphatic rings. The van der Waals surface area contributed by atoms with E-state index in [-0.39, 0.29) is 0 Å². The fourth-order valence-corrected chi connectivity index (χ4v) is 4.73. The number of hydrogen-bond donors (Lipinski definition) is 2. The Bertz CT molecular complexity index is 699. The van der Waals surface area contributed by atoms with E-state index in [9.17, 15) is 0 Å². The van der Waals surface area contributed by atoms with E-state index in [4.69, 9.17) is 11.5 Å². The van der Waals surface area contributed by atoms with Crippen molar-refractivity contribution in [3.8, 4) is 0 Å². The van der Waals surface area contributed by atoms with Crippen LogP contribution in [0.5, 0.6) is 0 Å². The highest BCUT2D eigenvalue weighted by Crippen LogP contribution is 2.45. The van der Waals surface area contributed by atoms with Crippen LogP contribution in [-0.2, 0) is 5.54 Å². The smallest absolute Gasteiger partial charge is 0.0688 e. The van der Waals surface area contributed by atoms with Crippen molar-refractivity contribution in [3.63, 3.8) is 0 Å². The molecule has 0 radical (unpaired) electrons. The van der Waals surface area contributed by atoms with Gasteiger partial charge in [0, 0.05) is 0 Å². The summed E-state index contributed by atoms with van der Waals surface area (Å²) >= 11 is 0. The molecular formula is C27H42N2. The van der Waals surface area contributed by atoms with Crippen LogP contribution in [0.4, 0.5) is 0 Å². The minimum Gasteiger partial charge on any atom is -0.330 e. The van der Waals surface area contributed by atoms with Crippen molar-refractivity contribution in [1.29, 1.82) is 0 Å². The average Bonchev–Trinajstić information content (AvgIpc) is 2.66. The Hall–Kier alpha value is -1.64. The molecule has 2 heteroatoms. The summed E-state index contributed by atoms with van der Waals surface area (Å²) in [6.45, 7) is 18.7. The summed E-state index contributed by atoms with van der Waals surface area (Å²) in [6, 6.07) is 13.4. The van der Waals surface area contributed by atoms with Gasteiger partial charge in [0.25, 0.3) is 0 Å². The molecule has 0 amide bonds. The molecule has 4 N–H and O–H groups in total. The van der Waals surface area contributed by atoms with Crippen molar-refractivity contribution in [2.24, 2.45) is 11.5 Å². The van der Waals surface area contributed by atoms with Gasteiger partial charge in [0.05, 0.1) is 5.54 Å². The van der Waals surface area contributed by atoms with Crippen LogP contribution in [0.1, 0.15) is 119 Å². The predicted octanol–water partition coefficient (Wildman–Crippen LogP) is 6.73. The third-order valence-electron chi connectivity index (χ3n) is 6.18. The molecule has 0 heterocycles. The summed E-state index contributed by atoms with van der Waals surface area (Å²) in [7, 11) is 0. The normalized spacial score (nSPS) is 12.6. The first-order chi connectivity index (χ1) is 13.6. The van der Waals surface area contributed by atoms with Gasteiger partial charge < -0.3 is 11.5 Å². The second-order valence-corrected chi connectivity index (χ2v) is 9.75. The monoisotopic (exact) mass is 394 g/mol. The van der Waals surface area contributed by atoms with Crippen LogP contribution in [0.15, 0.2) is 36.4 Å². The van der Waals surface area contributed by atoms with E-state index < -0.39 is 5.54 Å². The van der Waals surface area contributed by atoms with Gasteiger partial charge in [-0.3, -0.25) is 0 Å². The highest BCUT2D eigenvalue weighted by molar-refractivity contribution is 5.55. The molecule has 0 saturated heterocycles. The molecule has 0 aliphatic carbocycles. The average molecular weight is 395 g/mol. The minimum atomic E-state index is -0.602. The molecule has 2 nitrogen and oxygen atoms in total. The number of rotatable bonds is 8. The third kappa shape index (κ3) is 4.59. The molecule has 0 unspecified atom stereocenters. The standard InChI is InChI=1S/C27H42N2/c1-17(2)21-11-9-12-22(18(3)4)25(21)27(29,15-16-28)26-23(19(5)6)13-10-14-24(26)20(7)8/h9-14,17-20H,15-16,28-29H2,1-8H3. The van der Waals surface area contributed by atoms with Crippen LogP contribution in [0.2, 0.25) is 0 Å². The molecule has 0 aromatic heterocycles. The SMILES string of the molecule is CC(C)c1cccc(C(C)C)c1C(N)(CCN)c1c(C(C)C)cccc1C(C)C. The lowest BCUT2D eigenvalue weighted by Gasteiger charge is -2.40. The van der Waals surface area contributed by atoms with Gasteiger partial charge in [-0.05, 0) is 70.0 Å². The van der Waals surface area contributed by atoms with Crippen LogP contribution in [0.3, 0.4) is 0 Å². The van der Waals surface area contributed by atoms with E-state index >= 15 is 0 Å². The molecule has 160 valence electrons. The zero-order chi connectivity index (χ0) is 21.9. The summed E-state index contributed by atoms with van der Waals surface area (Å²) < 4.78 is 0. The Morgan fingerprint density at radius 2 is 0.897 bits per heavy atom. The van der Waals surface area contributed by atoms with Gasteiger partial charge in [0.1, 0.15) is 0 Å². The van der Waals surface area contributed by atoms with Gasteiger partial charge >= 0.3 is 0 Å². The van der Waals surface area contributed by atoms with Gasteiger partial charge in [0.2, 0.25) is 0 Å². The number of benzene rings is 2. The van der Waals surface area contributed by atoms with Crippen LogP contribution in [0.25, 0.3) is 0 Å². The number of nitrogens with two attached hydrogens (primary N) is 2. The second kappa shape index (κ2) is 9.45. The molecule has 0 aliphatic heterocycles. The van der Waals surface area contributed by atoms with Crippen LogP contribution < -0.4 is 11.5 Å². The predicted molar refractivity (Wildman–Crippen MR) is 128 cm³/mol. The molecular weight excluding hydrogens is 352 g/mol. The summed E-state index contributed by atoms with van der Waals surface area (Å²) in [5.74, 6) is 1.60. The lowest BCUT2D eigenvalue weighted by atomic mass is 9.68. The van der Waals surface area contributed by atoms with E-state index in [0.717, 1.165) is 6.42 Å². The first-order valence-electron chi connectivity index (χ1n) is 11.3. The largest absolute Gasteiger partial charge is 0.330 e. The Kier molecular flexibility index (Phi) is 7.70. The van der Waals surface area contributed by atoms with Crippen molar-refractivity contribution in [3.05, 3.63) is 69.8 Å². The van der Waals surface area contributed by atoms with E-state index in [0.29, 0.717) is 30.2 Å². The van der Waals surface area contributed by atoms with Crippen molar-refractivity contribution in [2.75, 3.05) is 6.54 Å². The van der Waals surface area contributed by atoms with Gasteiger partial charge in [-0.2, -0.15) is 0 Å². The van der Waals surface area contributed by atoms with Gasteiger partial charge in [-0.15, -0.1) is 0 Å². The van der Waals surface area contributed by atoms with Gasteiger partial charge in [-0.25, -0.2) is 0 Å². The lowest BCUT2D eigenvalue weighted by Crippen LogP contribution is -2.44. The van der Waals surface area contributed by atoms with Crippen molar-refractivity contribution in [1.82, 2.24) is 0 Å². The van der Waals surface area contributed by atoms with Crippen molar-refractivity contribution < 1.29 is 0 Å². The Labute approximate surface area is 179 Å². The topological polar surface area (TPSA) is 52.0 Å². The fraction of sp³-hybridized carbons (Fsp3) is 0.556. The highest BCUT2D eigenvalue weighted by Gasteiger charge is 2.38. The second-order valence-electron chi connectivity index (χ2n) is 9.75. The van der Waals surface area contributed by atoms with E-state index in [1.54, 1.807) is 0 Å². The Morgan fingerprint density at radius 1 is 0.621 bits per heavy atom. The summed E-state index contributed by atoms with van der Waals surface area (Å²) in [5, 5.41) is 0. The van der Waals surface area contributed by atoms with Crippen LogP contribution >= 0.6 is 0 Å². The lowest BCUT2D eigenvalue weighted by molar-refractivity contribution is 0.472. The maximum absolute atomic E-state index is 7.53. The summed E-state index contributed by atoms with van der Waals surface area (Å²) in [6.07, 6.45) is 0.736. The van der Waals surface area contributed by atoms with E-state index in [2.05, 4.69) is 91.8 Å². The number of hydrogen-bond acceptors (Lipinski definition) is 2. The van der Waals surface area contributed by atoms with E-state index in [1.165, 1.54) is 33.4 Å². The zero-order valence-electron chi connectivity index (χ0n) is 19.8. The van der Waals surface area contributed by atoms with E-state index in [1.807, 2.05) is 0 Å². The first kappa shape index (κ1) is 23.6. The van der Waals surface area contributed by atoms with Gasteiger partial charge in [-0.1, -0.05) is 91.8 Å². The molecule has 0 atom stereocenters. The van der Waals surface area contributed by atoms with Gasteiger partial charge in [0.15, 0.2) is 0 Å². The molecule has 2 aromatic carbocycles. The zero-order valence-corrected chi connectivity index (χ0v) is 19.8. The molecule has 0 fully saturated rings.